The van der Waals surface area contributed by atoms with E-state index >= 15 is 0 Å². The van der Waals surface area contributed by atoms with Gasteiger partial charge in [0.15, 0.2) is 0 Å². The van der Waals surface area contributed by atoms with E-state index in [1.165, 1.54) is 12.1 Å². The third kappa shape index (κ3) is 4.83. The Labute approximate surface area is 138 Å². The molecule has 6 heteroatoms. The summed E-state index contributed by atoms with van der Waals surface area (Å²) in [6.45, 7) is 1.60. The zero-order valence-corrected chi connectivity index (χ0v) is 13.0. The third-order valence-electron chi connectivity index (χ3n) is 3.65. The Kier molecular flexibility index (Phi) is 5.62. The molecule has 0 heterocycles. The number of rotatable bonds is 5. The van der Waals surface area contributed by atoms with Crippen molar-refractivity contribution in [1.29, 1.82) is 0 Å². The third-order valence-corrected chi connectivity index (χ3v) is 3.65. The van der Waals surface area contributed by atoms with Crippen LogP contribution in [-0.4, -0.2) is 11.0 Å². The molecule has 0 aliphatic rings. The first-order valence-corrected chi connectivity index (χ1v) is 7.47. The molecular weight excluding hydrogens is 319 g/mol. The number of alkyl halides is 3. The lowest BCUT2D eigenvalue weighted by molar-refractivity contribution is -0.137. The van der Waals surface area contributed by atoms with Crippen LogP contribution in [0.1, 0.15) is 42.2 Å². The van der Waals surface area contributed by atoms with Crippen LogP contribution in [0.25, 0.3) is 0 Å². The van der Waals surface area contributed by atoms with Gasteiger partial charge in [0.2, 0.25) is 5.91 Å². The Morgan fingerprint density at radius 2 is 1.71 bits per heavy atom. The van der Waals surface area contributed by atoms with E-state index in [4.69, 9.17) is 0 Å². The predicted molar refractivity (Wildman–Crippen MR) is 84.0 cm³/mol. The number of benzene rings is 2. The van der Waals surface area contributed by atoms with E-state index in [1.807, 2.05) is 0 Å². The summed E-state index contributed by atoms with van der Waals surface area (Å²) < 4.78 is 38.2. The molecule has 0 aliphatic carbocycles. The number of hydrogen-bond donors (Lipinski definition) is 2. The van der Waals surface area contributed by atoms with Crippen LogP contribution in [-0.2, 0) is 11.0 Å². The van der Waals surface area contributed by atoms with Gasteiger partial charge in [-0.25, -0.2) is 0 Å². The maximum Gasteiger partial charge on any atom is 0.416 e. The van der Waals surface area contributed by atoms with Gasteiger partial charge in [0.25, 0.3) is 0 Å². The molecule has 0 saturated heterocycles. The Bertz CT molecular complexity index is 686. The van der Waals surface area contributed by atoms with Crippen LogP contribution in [0, 0.1) is 0 Å². The fourth-order valence-corrected chi connectivity index (χ4v) is 2.34. The molecule has 0 aliphatic heterocycles. The van der Waals surface area contributed by atoms with E-state index in [-0.39, 0.29) is 6.42 Å². The molecule has 24 heavy (non-hydrogen) atoms. The molecule has 0 radical (unpaired) electrons. The summed E-state index contributed by atoms with van der Waals surface area (Å²) >= 11 is 0. The van der Waals surface area contributed by atoms with Crippen LogP contribution in [0.4, 0.5) is 13.2 Å². The second-order valence-corrected chi connectivity index (χ2v) is 5.54. The highest BCUT2D eigenvalue weighted by atomic mass is 19.4. The molecule has 0 aromatic heterocycles. The molecule has 2 N–H and O–H groups in total. The van der Waals surface area contributed by atoms with Crippen molar-refractivity contribution >= 4 is 5.91 Å². The molecule has 0 spiro atoms. The van der Waals surface area contributed by atoms with Crippen LogP contribution in [0.3, 0.4) is 0 Å². The quantitative estimate of drug-likeness (QED) is 0.866. The number of aliphatic hydroxyl groups is 1. The number of aliphatic hydroxyl groups excluding tert-OH is 1. The summed E-state index contributed by atoms with van der Waals surface area (Å²) in [4.78, 5) is 12.0. The summed E-state index contributed by atoms with van der Waals surface area (Å²) in [5.41, 5.74) is 0.206. The van der Waals surface area contributed by atoms with Gasteiger partial charge in [0.05, 0.1) is 24.1 Å². The van der Waals surface area contributed by atoms with Gasteiger partial charge in [-0.3, -0.25) is 4.79 Å². The van der Waals surface area contributed by atoms with E-state index in [9.17, 15) is 23.1 Å². The van der Waals surface area contributed by atoms with Crippen molar-refractivity contribution < 1.29 is 23.1 Å². The summed E-state index contributed by atoms with van der Waals surface area (Å²) in [6.07, 6.45) is -5.55. The molecule has 0 saturated carbocycles. The van der Waals surface area contributed by atoms with Gasteiger partial charge in [-0.15, -0.1) is 0 Å². The zero-order chi connectivity index (χ0) is 17.7. The van der Waals surface area contributed by atoms with Gasteiger partial charge in [-0.05, 0) is 30.2 Å². The normalized spacial score (nSPS) is 14.0. The molecule has 0 bridgehead atoms. The molecule has 0 fully saturated rings. The van der Waals surface area contributed by atoms with Crippen LogP contribution in [0.5, 0.6) is 0 Å². The maximum absolute atomic E-state index is 12.7. The first-order valence-electron chi connectivity index (χ1n) is 7.47. The van der Waals surface area contributed by atoms with Gasteiger partial charge in [-0.2, -0.15) is 13.2 Å². The Balaban J connectivity index is 1.99. The lowest BCUT2D eigenvalue weighted by Gasteiger charge is -2.17. The average molecular weight is 337 g/mol. The van der Waals surface area contributed by atoms with Gasteiger partial charge < -0.3 is 10.4 Å². The summed E-state index contributed by atoms with van der Waals surface area (Å²) in [5.74, 6) is -0.434. The van der Waals surface area contributed by atoms with E-state index < -0.39 is 29.8 Å². The van der Waals surface area contributed by atoms with E-state index in [1.54, 1.807) is 37.3 Å². The highest BCUT2D eigenvalue weighted by Gasteiger charge is 2.30. The monoisotopic (exact) mass is 337 g/mol. The van der Waals surface area contributed by atoms with Crippen LogP contribution in [0.15, 0.2) is 54.6 Å². The van der Waals surface area contributed by atoms with Crippen molar-refractivity contribution in [2.75, 3.05) is 0 Å². The van der Waals surface area contributed by atoms with Crippen molar-refractivity contribution in [3.8, 4) is 0 Å². The van der Waals surface area contributed by atoms with E-state index in [2.05, 4.69) is 5.32 Å². The standard InChI is InChI=1S/C18H18F3NO2/c1-12(14-8-5-9-15(10-14)18(19,20)21)22-17(24)11-16(23)13-6-3-2-4-7-13/h2-10,12,16,23H,11H2,1H3,(H,22,24). The Hall–Kier alpha value is -2.34. The largest absolute Gasteiger partial charge is 0.416 e. The van der Waals surface area contributed by atoms with Crippen molar-refractivity contribution in [2.45, 2.75) is 31.7 Å². The van der Waals surface area contributed by atoms with Crippen LogP contribution < -0.4 is 5.32 Å². The number of carbonyl (C=O) groups is 1. The minimum Gasteiger partial charge on any atom is -0.388 e. The van der Waals surface area contributed by atoms with Crippen LogP contribution in [0.2, 0.25) is 0 Å². The summed E-state index contributed by atoms with van der Waals surface area (Å²) in [6, 6.07) is 12.9. The van der Waals surface area contributed by atoms with Gasteiger partial charge in [-0.1, -0.05) is 42.5 Å². The lowest BCUT2D eigenvalue weighted by Crippen LogP contribution is -2.28. The van der Waals surface area contributed by atoms with Crippen LogP contribution >= 0.6 is 0 Å². The van der Waals surface area contributed by atoms with Crippen molar-refractivity contribution in [3.05, 3.63) is 71.3 Å². The molecule has 2 atom stereocenters. The summed E-state index contributed by atoms with van der Waals surface area (Å²) in [5, 5.41) is 12.6. The van der Waals surface area contributed by atoms with Gasteiger partial charge >= 0.3 is 6.18 Å². The van der Waals surface area contributed by atoms with Crippen molar-refractivity contribution in [2.24, 2.45) is 0 Å². The van der Waals surface area contributed by atoms with E-state index in [0.717, 1.165) is 12.1 Å². The second-order valence-electron chi connectivity index (χ2n) is 5.54. The lowest BCUT2D eigenvalue weighted by atomic mass is 10.0. The highest BCUT2D eigenvalue weighted by Crippen LogP contribution is 2.30. The smallest absolute Gasteiger partial charge is 0.388 e. The predicted octanol–water partition coefficient (Wildman–Crippen LogP) is 4.01. The van der Waals surface area contributed by atoms with Crippen molar-refractivity contribution in [1.82, 2.24) is 5.32 Å². The number of nitrogens with one attached hydrogen (secondary N) is 1. The zero-order valence-electron chi connectivity index (χ0n) is 13.0. The number of hydrogen-bond acceptors (Lipinski definition) is 2. The molecular formula is C18H18F3NO2. The fourth-order valence-electron chi connectivity index (χ4n) is 2.34. The molecule has 2 unspecified atom stereocenters. The highest BCUT2D eigenvalue weighted by molar-refractivity contribution is 5.77. The average Bonchev–Trinajstić information content (AvgIpc) is 2.54. The van der Waals surface area contributed by atoms with Gasteiger partial charge in [0, 0.05) is 0 Å². The van der Waals surface area contributed by atoms with Crippen molar-refractivity contribution in [3.63, 3.8) is 0 Å². The number of carbonyl (C=O) groups excluding carboxylic acids is 1. The fraction of sp³-hybridized carbons (Fsp3) is 0.278. The summed E-state index contributed by atoms with van der Waals surface area (Å²) in [7, 11) is 0. The first-order chi connectivity index (χ1) is 11.3. The maximum atomic E-state index is 12.7. The second kappa shape index (κ2) is 7.49. The molecule has 3 nitrogen and oxygen atoms in total. The molecule has 2 rings (SSSR count). The Morgan fingerprint density at radius 3 is 2.33 bits per heavy atom. The Morgan fingerprint density at radius 1 is 1.08 bits per heavy atom. The van der Waals surface area contributed by atoms with E-state index in [0.29, 0.717) is 11.1 Å². The molecule has 2 aromatic rings. The molecule has 2 aromatic carbocycles. The SMILES string of the molecule is CC(NC(=O)CC(O)c1ccccc1)c1cccc(C(F)(F)F)c1. The minimum atomic E-state index is -4.43. The van der Waals surface area contributed by atoms with Gasteiger partial charge in [0.1, 0.15) is 0 Å². The molecule has 128 valence electrons. The number of amides is 1. The topological polar surface area (TPSA) is 49.3 Å². The first kappa shape index (κ1) is 18.0. The molecule has 1 amide bonds. The number of halogens is 3. The minimum absolute atomic E-state index is 0.159.